The van der Waals surface area contributed by atoms with Gasteiger partial charge in [0.15, 0.2) is 9.84 Å². The zero-order chi connectivity index (χ0) is 16.6. The molecule has 21 heavy (non-hydrogen) atoms. The van der Waals surface area contributed by atoms with Gasteiger partial charge >= 0.3 is 0 Å². The lowest BCUT2D eigenvalue weighted by molar-refractivity contribution is -0.117. The number of carbonyl (C=O) groups is 1. The minimum Gasteiger partial charge on any atom is -0.325 e. The maximum absolute atomic E-state index is 12.0. The molecular formula is C12H16ClNO5S2. The number of sulfone groups is 1. The Kier molecular flexibility index (Phi) is 4.77. The molecule has 0 spiro atoms. The summed E-state index contributed by atoms with van der Waals surface area (Å²) in [5.74, 6) is -0.703. The molecule has 1 rings (SSSR count). The third-order valence-corrected chi connectivity index (χ3v) is 6.69. The van der Waals surface area contributed by atoms with Gasteiger partial charge < -0.3 is 5.32 Å². The summed E-state index contributed by atoms with van der Waals surface area (Å²) < 4.78 is 44.1. The number of carbonyl (C=O) groups excluding carboxylic acids is 1. The standard InChI is InChI=1S/C12H16ClNO5S2/c1-8-7-9(5-6-10(8)21(13,18)19)14-11(15)12(2,3)20(4,16)17/h5-7H,1-4H3,(H,14,15). The van der Waals surface area contributed by atoms with Crippen molar-refractivity contribution < 1.29 is 21.6 Å². The number of halogens is 1. The van der Waals surface area contributed by atoms with E-state index in [0.717, 1.165) is 6.26 Å². The molecule has 0 aliphatic carbocycles. The molecule has 0 unspecified atom stereocenters. The largest absolute Gasteiger partial charge is 0.325 e. The highest BCUT2D eigenvalue weighted by Crippen LogP contribution is 2.24. The van der Waals surface area contributed by atoms with Crippen molar-refractivity contribution in [2.45, 2.75) is 30.4 Å². The Bertz CT molecular complexity index is 782. The molecule has 1 amide bonds. The molecule has 1 aromatic rings. The van der Waals surface area contributed by atoms with Gasteiger partial charge in [-0.05, 0) is 44.5 Å². The van der Waals surface area contributed by atoms with Crippen molar-refractivity contribution in [3.05, 3.63) is 23.8 Å². The molecular weight excluding hydrogens is 338 g/mol. The highest BCUT2D eigenvalue weighted by Gasteiger charge is 2.38. The topological polar surface area (TPSA) is 97.4 Å². The molecule has 0 aliphatic rings. The molecule has 0 saturated heterocycles. The average molecular weight is 354 g/mol. The van der Waals surface area contributed by atoms with Gasteiger partial charge in [-0.1, -0.05) is 0 Å². The number of rotatable bonds is 4. The normalized spacial score (nSPS) is 13.0. The van der Waals surface area contributed by atoms with Gasteiger partial charge in [0, 0.05) is 22.6 Å². The quantitative estimate of drug-likeness (QED) is 0.830. The van der Waals surface area contributed by atoms with Gasteiger partial charge in [0.05, 0.1) is 4.90 Å². The SMILES string of the molecule is Cc1cc(NC(=O)C(C)(C)S(C)(=O)=O)ccc1S(=O)(=O)Cl. The van der Waals surface area contributed by atoms with Gasteiger partial charge in [0.1, 0.15) is 4.75 Å². The fourth-order valence-corrected chi connectivity index (χ4v) is 3.03. The second kappa shape index (κ2) is 5.58. The molecule has 6 nitrogen and oxygen atoms in total. The van der Waals surface area contributed by atoms with Crippen molar-refractivity contribution >= 4 is 41.2 Å². The predicted molar refractivity (Wildman–Crippen MR) is 81.8 cm³/mol. The van der Waals surface area contributed by atoms with E-state index in [1.165, 1.54) is 39.0 Å². The molecule has 0 aliphatic heterocycles. The first-order chi connectivity index (χ1) is 9.26. The second-order valence-corrected chi connectivity index (χ2v) is 10.3. The summed E-state index contributed by atoms with van der Waals surface area (Å²) in [6, 6.07) is 4.00. The van der Waals surface area contributed by atoms with Crippen LogP contribution in [0.15, 0.2) is 23.1 Å². The number of amides is 1. The van der Waals surface area contributed by atoms with Crippen molar-refractivity contribution in [2.75, 3.05) is 11.6 Å². The minimum absolute atomic E-state index is 0.0652. The number of aryl methyl sites for hydroxylation is 1. The van der Waals surface area contributed by atoms with E-state index in [-0.39, 0.29) is 4.90 Å². The summed E-state index contributed by atoms with van der Waals surface area (Å²) >= 11 is 0. The number of benzene rings is 1. The Morgan fingerprint density at radius 2 is 1.71 bits per heavy atom. The molecule has 0 radical (unpaired) electrons. The molecule has 118 valence electrons. The lowest BCUT2D eigenvalue weighted by atomic mass is 10.1. The van der Waals surface area contributed by atoms with Crippen molar-refractivity contribution in [3.63, 3.8) is 0 Å². The summed E-state index contributed by atoms with van der Waals surface area (Å²) in [7, 11) is -2.20. The van der Waals surface area contributed by atoms with Gasteiger partial charge in [-0.25, -0.2) is 16.8 Å². The van der Waals surface area contributed by atoms with Crippen LogP contribution < -0.4 is 5.32 Å². The van der Waals surface area contributed by atoms with Crippen LogP contribution in [0.2, 0.25) is 0 Å². The number of hydrogen-bond acceptors (Lipinski definition) is 5. The highest BCUT2D eigenvalue weighted by molar-refractivity contribution is 8.13. The molecule has 0 heterocycles. The van der Waals surface area contributed by atoms with E-state index in [0.29, 0.717) is 11.3 Å². The Balaban J connectivity index is 3.12. The molecule has 9 heteroatoms. The minimum atomic E-state index is -3.87. The van der Waals surface area contributed by atoms with E-state index in [4.69, 9.17) is 10.7 Å². The average Bonchev–Trinajstić information content (AvgIpc) is 2.25. The lowest BCUT2D eigenvalue weighted by Crippen LogP contribution is -2.43. The molecule has 0 fully saturated rings. The van der Waals surface area contributed by atoms with Gasteiger partial charge in [-0.3, -0.25) is 4.79 Å². The fourth-order valence-electron chi connectivity index (χ4n) is 1.45. The number of anilines is 1. The molecule has 0 saturated carbocycles. The highest BCUT2D eigenvalue weighted by atomic mass is 35.7. The third-order valence-electron chi connectivity index (χ3n) is 3.17. The van der Waals surface area contributed by atoms with Gasteiger partial charge in [-0.2, -0.15) is 0 Å². The Morgan fingerprint density at radius 1 is 1.19 bits per heavy atom. The number of hydrogen-bond donors (Lipinski definition) is 1. The van der Waals surface area contributed by atoms with Crippen LogP contribution in [0.5, 0.6) is 0 Å². The first-order valence-electron chi connectivity index (χ1n) is 5.83. The van der Waals surface area contributed by atoms with Crippen molar-refractivity contribution in [3.8, 4) is 0 Å². The zero-order valence-corrected chi connectivity index (χ0v) is 14.4. The zero-order valence-electron chi connectivity index (χ0n) is 12.0. The van der Waals surface area contributed by atoms with Gasteiger partial charge in [0.2, 0.25) is 5.91 Å². The van der Waals surface area contributed by atoms with E-state index < -0.39 is 29.5 Å². The van der Waals surface area contributed by atoms with Crippen LogP contribution >= 0.6 is 10.7 Å². The van der Waals surface area contributed by atoms with E-state index in [2.05, 4.69) is 5.32 Å². The maximum atomic E-state index is 12.0. The van der Waals surface area contributed by atoms with E-state index >= 15 is 0 Å². The van der Waals surface area contributed by atoms with E-state index in [9.17, 15) is 21.6 Å². The summed E-state index contributed by atoms with van der Waals surface area (Å²) in [6.07, 6.45) is 0.973. The second-order valence-electron chi connectivity index (χ2n) is 5.15. The predicted octanol–water partition coefficient (Wildman–Crippen LogP) is 1.68. The van der Waals surface area contributed by atoms with Crippen molar-refractivity contribution in [1.29, 1.82) is 0 Å². The first-order valence-corrected chi connectivity index (χ1v) is 10.0. The summed E-state index contributed by atoms with van der Waals surface area (Å²) in [6.45, 7) is 4.11. The van der Waals surface area contributed by atoms with Crippen LogP contribution in [0.1, 0.15) is 19.4 Å². The van der Waals surface area contributed by atoms with Crippen LogP contribution in [0, 0.1) is 6.92 Å². The van der Waals surface area contributed by atoms with Crippen molar-refractivity contribution in [2.24, 2.45) is 0 Å². The van der Waals surface area contributed by atoms with E-state index in [1.807, 2.05) is 0 Å². The van der Waals surface area contributed by atoms with E-state index in [1.54, 1.807) is 0 Å². The first kappa shape index (κ1) is 17.9. The molecule has 0 aromatic heterocycles. The summed E-state index contributed by atoms with van der Waals surface area (Å²) in [5, 5.41) is 2.45. The smallest absolute Gasteiger partial charge is 0.261 e. The van der Waals surface area contributed by atoms with Crippen LogP contribution in [0.4, 0.5) is 5.69 Å². The third kappa shape index (κ3) is 3.96. The molecule has 1 N–H and O–H groups in total. The van der Waals surface area contributed by atoms with Crippen LogP contribution in [-0.2, 0) is 23.7 Å². The van der Waals surface area contributed by atoms with Crippen LogP contribution in [0.3, 0.4) is 0 Å². The lowest BCUT2D eigenvalue weighted by Gasteiger charge is -2.21. The monoisotopic (exact) mass is 353 g/mol. The van der Waals surface area contributed by atoms with Crippen LogP contribution in [0.25, 0.3) is 0 Å². The Labute approximate surface area is 128 Å². The Morgan fingerprint density at radius 3 is 2.10 bits per heavy atom. The molecule has 0 atom stereocenters. The molecule has 0 bridgehead atoms. The van der Waals surface area contributed by atoms with Gasteiger partial charge in [-0.15, -0.1) is 0 Å². The summed E-state index contributed by atoms with van der Waals surface area (Å²) in [5.41, 5.74) is 0.637. The maximum Gasteiger partial charge on any atom is 0.261 e. The van der Waals surface area contributed by atoms with Crippen molar-refractivity contribution in [1.82, 2.24) is 0 Å². The number of nitrogens with one attached hydrogen (secondary N) is 1. The molecule has 1 aromatic carbocycles. The van der Waals surface area contributed by atoms with Crippen LogP contribution in [-0.4, -0.2) is 33.7 Å². The van der Waals surface area contributed by atoms with Gasteiger partial charge in [0.25, 0.3) is 9.05 Å². The summed E-state index contributed by atoms with van der Waals surface area (Å²) in [4.78, 5) is 12.0. The fraction of sp³-hybridized carbons (Fsp3) is 0.417. The Hall–Kier alpha value is -1.12.